The lowest BCUT2D eigenvalue weighted by Gasteiger charge is -2.07. The number of rotatable bonds is 2. The van der Waals surface area contributed by atoms with E-state index in [-0.39, 0.29) is 0 Å². The van der Waals surface area contributed by atoms with Gasteiger partial charge in [-0.2, -0.15) is 0 Å². The van der Waals surface area contributed by atoms with Crippen molar-refractivity contribution in [1.82, 2.24) is 4.98 Å². The summed E-state index contributed by atoms with van der Waals surface area (Å²) in [6.07, 6.45) is 0. The van der Waals surface area contributed by atoms with Gasteiger partial charge in [-0.05, 0) is 34.1 Å². The monoisotopic (exact) mass is 339 g/mol. The average Bonchev–Trinajstić information content (AvgIpc) is 2.70. The lowest BCUT2D eigenvalue weighted by molar-refractivity contribution is 0.484. The predicted molar refractivity (Wildman–Crippen MR) is 78.8 cm³/mol. The minimum absolute atomic E-state index is 0.559. The van der Waals surface area contributed by atoms with Gasteiger partial charge in [0, 0.05) is 6.07 Å². The molecule has 0 radical (unpaired) electrons. The van der Waals surface area contributed by atoms with Crippen molar-refractivity contribution in [2.24, 2.45) is 0 Å². The largest absolute Gasteiger partial charge is 0.456 e. The molecule has 0 aliphatic rings. The van der Waals surface area contributed by atoms with E-state index in [1.807, 2.05) is 42.5 Å². The molecule has 90 valence electrons. The molecule has 0 aliphatic heterocycles. The van der Waals surface area contributed by atoms with Crippen molar-refractivity contribution in [3.63, 3.8) is 0 Å². The third kappa shape index (κ3) is 2.36. The van der Waals surface area contributed by atoms with Crippen LogP contribution in [-0.2, 0) is 0 Å². The van der Waals surface area contributed by atoms with Crippen molar-refractivity contribution >= 4 is 49.1 Å². The third-order valence-electron chi connectivity index (χ3n) is 2.39. The van der Waals surface area contributed by atoms with Crippen molar-refractivity contribution in [1.29, 1.82) is 0 Å². The Morgan fingerprint density at radius 1 is 1.17 bits per heavy atom. The number of nitrogens with zero attached hydrogens (tertiary/aromatic N) is 1. The van der Waals surface area contributed by atoms with Gasteiger partial charge in [-0.3, -0.25) is 0 Å². The molecule has 1 heterocycles. The van der Waals surface area contributed by atoms with Crippen molar-refractivity contribution in [3.05, 3.63) is 51.4 Å². The van der Waals surface area contributed by atoms with E-state index >= 15 is 0 Å². The number of benzene rings is 2. The van der Waals surface area contributed by atoms with E-state index in [9.17, 15) is 0 Å². The lowest BCUT2D eigenvalue weighted by Crippen LogP contribution is -1.84. The van der Waals surface area contributed by atoms with Crippen molar-refractivity contribution in [2.45, 2.75) is 0 Å². The Morgan fingerprint density at radius 3 is 2.72 bits per heavy atom. The first-order valence-corrected chi connectivity index (χ1v) is 7.19. The molecule has 2 nitrogen and oxygen atoms in total. The molecule has 0 saturated heterocycles. The summed E-state index contributed by atoms with van der Waals surface area (Å²) in [6, 6.07) is 13.3. The summed E-state index contributed by atoms with van der Waals surface area (Å²) in [7, 11) is 0. The summed E-state index contributed by atoms with van der Waals surface area (Å²) in [6.45, 7) is 0. The van der Waals surface area contributed by atoms with Gasteiger partial charge in [-0.25, -0.2) is 4.98 Å². The zero-order valence-electron chi connectivity index (χ0n) is 9.06. The molecule has 0 bridgehead atoms. The topological polar surface area (TPSA) is 22.1 Å². The number of ether oxygens (including phenoxy) is 1. The van der Waals surface area contributed by atoms with Crippen LogP contribution in [0.15, 0.2) is 46.4 Å². The summed E-state index contributed by atoms with van der Waals surface area (Å²) < 4.78 is 7.64. The van der Waals surface area contributed by atoms with Crippen molar-refractivity contribution < 1.29 is 4.74 Å². The number of fused-ring (bicyclic) bond motifs is 1. The van der Waals surface area contributed by atoms with Crippen LogP contribution in [0.5, 0.6) is 11.5 Å². The fourth-order valence-electron chi connectivity index (χ4n) is 1.60. The van der Waals surface area contributed by atoms with E-state index < -0.39 is 0 Å². The summed E-state index contributed by atoms with van der Waals surface area (Å²) in [5, 5.41) is 0.559. The molecule has 0 saturated carbocycles. The molecule has 1 aromatic heterocycles. The Hall–Kier alpha value is -1.10. The molecule has 2 aromatic carbocycles. The maximum absolute atomic E-state index is 6.19. The van der Waals surface area contributed by atoms with Crippen LogP contribution in [0.25, 0.3) is 10.2 Å². The highest BCUT2D eigenvalue weighted by Crippen LogP contribution is 2.36. The highest BCUT2D eigenvalue weighted by Gasteiger charge is 2.09. The molecule has 3 rings (SSSR count). The number of aromatic nitrogens is 1. The highest BCUT2D eigenvalue weighted by molar-refractivity contribution is 9.11. The van der Waals surface area contributed by atoms with Crippen LogP contribution in [-0.4, -0.2) is 4.98 Å². The second-order valence-electron chi connectivity index (χ2n) is 3.63. The summed E-state index contributed by atoms with van der Waals surface area (Å²) >= 11 is 11.1. The Bertz CT molecular complexity index is 699. The fourth-order valence-corrected chi connectivity index (χ4v) is 3.21. The SMILES string of the molecule is Clc1cc2nc(Br)sc2cc1Oc1ccccc1. The molecule has 0 spiro atoms. The smallest absolute Gasteiger partial charge is 0.160 e. The first kappa shape index (κ1) is 12.0. The normalized spacial score (nSPS) is 10.8. The van der Waals surface area contributed by atoms with E-state index in [0.29, 0.717) is 10.8 Å². The minimum Gasteiger partial charge on any atom is -0.456 e. The standard InChI is InChI=1S/C13H7BrClNOS/c14-13-16-10-6-9(15)11(7-12(10)18-13)17-8-4-2-1-3-5-8/h1-7H. The maximum Gasteiger partial charge on any atom is 0.160 e. The van der Waals surface area contributed by atoms with Crippen LogP contribution in [0, 0.1) is 0 Å². The quantitative estimate of drug-likeness (QED) is 0.614. The molecule has 3 aromatic rings. The first-order valence-electron chi connectivity index (χ1n) is 5.21. The van der Waals surface area contributed by atoms with Gasteiger partial charge in [0.1, 0.15) is 11.5 Å². The van der Waals surface area contributed by atoms with Gasteiger partial charge in [-0.15, -0.1) is 11.3 Å². The van der Waals surface area contributed by atoms with Crippen LogP contribution < -0.4 is 4.74 Å². The number of hydrogen-bond acceptors (Lipinski definition) is 3. The third-order valence-corrected chi connectivity index (χ3v) is 4.15. The molecule has 5 heteroatoms. The van der Waals surface area contributed by atoms with Crippen LogP contribution in [0.3, 0.4) is 0 Å². The maximum atomic E-state index is 6.19. The molecule has 0 aliphatic carbocycles. The van der Waals surface area contributed by atoms with Gasteiger partial charge in [-0.1, -0.05) is 29.8 Å². The Labute approximate surface area is 121 Å². The van der Waals surface area contributed by atoms with E-state index in [0.717, 1.165) is 19.9 Å². The molecule has 0 amide bonds. The Balaban J connectivity index is 2.03. The van der Waals surface area contributed by atoms with Gasteiger partial charge in [0.2, 0.25) is 0 Å². The summed E-state index contributed by atoms with van der Waals surface area (Å²) in [4.78, 5) is 4.32. The number of halogens is 2. The summed E-state index contributed by atoms with van der Waals surface area (Å²) in [5.74, 6) is 1.41. The lowest BCUT2D eigenvalue weighted by atomic mass is 10.3. The van der Waals surface area contributed by atoms with Gasteiger partial charge >= 0.3 is 0 Å². The summed E-state index contributed by atoms with van der Waals surface area (Å²) in [5.41, 5.74) is 0.872. The minimum atomic E-state index is 0.559. The first-order chi connectivity index (χ1) is 8.72. The fraction of sp³-hybridized carbons (Fsp3) is 0. The average molecular weight is 341 g/mol. The second-order valence-corrected chi connectivity index (χ2v) is 6.35. The predicted octanol–water partition coefficient (Wildman–Crippen LogP) is 5.50. The Morgan fingerprint density at radius 2 is 1.94 bits per heavy atom. The van der Waals surface area contributed by atoms with Crippen LogP contribution in [0.1, 0.15) is 0 Å². The van der Waals surface area contributed by atoms with Gasteiger partial charge in [0.05, 0.1) is 15.2 Å². The van der Waals surface area contributed by atoms with Gasteiger partial charge in [0.25, 0.3) is 0 Å². The van der Waals surface area contributed by atoms with Crippen LogP contribution in [0.2, 0.25) is 5.02 Å². The van der Waals surface area contributed by atoms with E-state index in [1.165, 1.54) is 0 Å². The molecule has 0 N–H and O–H groups in total. The van der Waals surface area contributed by atoms with Gasteiger partial charge < -0.3 is 4.74 Å². The highest BCUT2D eigenvalue weighted by atomic mass is 79.9. The number of thiazole rings is 1. The van der Waals surface area contributed by atoms with Crippen molar-refractivity contribution in [3.8, 4) is 11.5 Å². The number of para-hydroxylation sites is 1. The molecular formula is C13H7BrClNOS. The molecule has 0 unspecified atom stereocenters. The molecule has 0 fully saturated rings. The zero-order chi connectivity index (χ0) is 12.5. The second kappa shape index (κ2) is 4.88. The van der Waals surface area contributed by atoms with Gasteiger partial charge in [0.15, 0.2) is 3.92 Å². The van der Waals surface area contributed by atoms with E-state index in [4.69, 9.17) is 16.3 Å². The van der Waals surface area contributed by atoms with E-state index in [2.05, 4.69) is 20.9 Å². The number of hydrogen-bond donors (Lipinski definition) is 0. The Kier molecular flexibility index (Phi) is 3.24. The van der Waals surface area contributed by atoms with Crippen LogP contribution in [0.4, 0.5) is 0 Å². The molecule has 18 heavy (non-hydrogen) atoms. The van der Waals surface area contributed by atoms with Crippen molar-refractivity contribution in [2.75, 3.05) is 0 Å². The zero-order valence-corrected chi connectivity index (χ0v) is 12.2. The van der Waals surface area contributed by atoms with Crippen LogP contribution >= 0.6 is 38.9 Å². The molecular weight excluding hydrogens is 334 g/mol. The molecule has 0 atom stereocenters. The van der Waals surface area contributed by atoms with E-state index in [1.54, 1.807) is 11.3 Å².